The Hall–Kier alpha value is -1.32. The number of allylic oxidation sites excluding steroid dienone is 2. The second kappa shape index (κ2) is 6.85. The fourth-order valence-electron chi connectivity index (χ4n) is 2.39. The van der Waals surface area contributed by atoms with Crippen molar-refractivity contribution in [3.05, 3.63) is 53.5 Å². The lowest BCUT2D eigenvalue weighted by molar-refractivity contribution is 0.00578. The molecule has 0 spiro atoms. The van der Waals surface area contributed by atoms with Crippen molar-refractivity contribution in [2.24, 2.45) is 0 Å². The molecule has 1 aliphatic heterocycles. The molecule has 1 aromatic rings. The smallest absolute Gasteiger partial charge is 0.400 e. The van der Waals surface area contributed by atoms with Crippen molar-refractivity contribution in [2.45, 2.75) is 58.7 Å². The third kappa shape index (κ3) is 4.11. The summed E-state index contributed by atoms with van der Waals surface area (Å²) in [4.78, 5) is 0. The van der Waals surface area contributed by atoms with E-state index in [2.05, 4.69) is 71.0 Å². The molecular weight excluding hydrogens is 271 g/mol. The Morgan fingerprint density at radius 3 is 2.18 bits per heavy atom. The van der Waals surface area contributed by atoms with E-state index in [1.54, 1.807) is 0 Å². The van der Waals surface area contributed by atoms with Crippen LogP contribution in [0.3, 0.4) is 0 Å². The summed E-state index contributed by atoms with van der Waals surface area (Å²) in [5.74, 6) is 2.03. The first-order chi connectivity index (χ1) is 10.3. The molecule has 2 rings (SSSR count). The van der Waals surface area contributed by atoms with E-state index in [0.717, 1.165) is 12.8 Å². The van der Waals surface area contributed by atoms with Gasteiger partial charge in [0.25, 0.3) is 0 Å². The largest absolute Gasteiger partial charge is 0.486 e. The Morgan fingerprint density at radius 2 is 1.64 bits per heavy atom. The normalized spacial score (nSPS) is 20.8. The Morgan fingerprint density at radius 1 is 1.05 bits per heavy atom. The molecule has 3 heteroatoms. The molecule has 1 fully saturated rings. The van der Waals surface area contributed by atoms with Gasteiger partial charge in [0, 0.05) is 0 Å². The molecule has 118 valence electrons. The van der Waals surface area contributed by atoms with Gasteiger partial charge in [-0.3, -0.25) is 0 Å². The van der Waals surface area contributed by atoms with E-state index < -0.39 is 0 Å². The van der Waals surface area contributed by atoms with Crippen molar-refractivity contribution < 1.29 is 9.31 Å². The minimum absolute atomic E-state index is 0.250. The Kier molecular flexibility index (Phi) is 5.30. The Bertz CT molecular complexity index is 528. The highest BCUT2D eigenvalue weighted by atomic mass is 16.7. The molecule has 0 amide bonds. The van der Waals surface area contributed by atoms with Crippen LogP contribution in [0.1, 0.15) is 53.0 Å². The van der Waals surface area contributed by atoms with Crippen LogP contribution in [-0.4, -0.2) is 18.3 Å². The van der Waals surface area contributed by atoms with Gasteiger partial charge >= 0.3 is 7.12 Å². The molecule has 1 saturated heterocycles. The van der Waals surface area contributed by atoms with Crippen LogP contribution in [0.4, 0.5) is 0 Å². The summed E-state index contributed by atoms with van der Waals surface area (Å²) in [6, 6.07) is 10.4. The van der Waals surface area contributed by atoms with Gasteiger partial charge in [-0.1, -0.05) is 61.0 Å². The molecule has 0 saturated carbocycles. The van der Waals surface area contributed by atoms with E-state index >= 15 is 0 Å². The molecule has 22 heavy (non-hydrogen) atoms. The van der Waals surface area contributed by atoms with Crippen LogP contribution in [0.25, 0.3) is 6.08 Å². The monoisotopic (exact) mass is 298 g/mol. The molecule has 2 nitrogen and oxygen atoms in total. The quantitative estimate of drug-likeness (QED) is 0.708. The van der Waals surface area contributed by atoms with Crippen LogP contribution < -0.4 is 0 Å². The van der Waals surface area contributed by atoms with Gasteiger partial charge in [-0.15, -0.1) is 0 Å². The van der Waals surface area contributed by atoms with E-state index in [0.29, 0.717) is 0 Å². The van der Waals surface area contributed by atoms with Gasteiger partial charge in [0.2, 0.25) is 0 Å². The zero-order valence-corrected chi connectivity index (χ0v) is 14.4. The van der Waals surface area contributed by atoms with Gasteiger partial charge < -0.3 is 9.31 Å². The highest BCUT2D eigenvalue weighted by Crippen LogP contribution is 2.36. The lowest BCUT2D eigenvalue weighted by Crippen LogP contribution is -2.41. The van der Waals surface area contributed by atoms with Gasteiger partial charge in [0.05, 0.1) is 11.2 Å². The second-order valence-corrected chi connectivity index (χ2v) is 6.82. The van der Waals surface area contributed by atoms with Crippen molar-refractivity contribution in [3.63, 3.8) is 0 Å². The van der Waals surface area contributed by atoms with Crippen LogP contribution in [0.15, 0.2) is 48.0 Å². The topological polar surface area (TPSA) is 18.5 Å². The minimum atomic E-state index is -0.268. The fourth-order valence-corrected chi connectivity index (χ4v) is 2.39. The van der Waals surface area contributed by atoms with Crippen molar-refractivity contribution in [1.82, 2.24) is 0 Å². The van der Waals surface area contributed by atoms with E-state index in [1.807, 2.05) is 12.0 Å². The Balaban J connectivity index is 1.96. The first-order valence-corrected chi connectivity index (χ1v) is 8.11. The van der Waals surface area contributed by atoms with E-state index in [-0.39, 0.29) is 18.3 Å². The number of benzene rings is 1. The maximum Gasteiger partial charge on any atom is 0.486 e. The lowest BCUT2D eigenvalue weighted by Gasteiger charge is -2.32. The van der Waals surface area contributed by atoms with E-state index in [9.17, 15) is 0 Å². The zero-order valence-electron chi connectivity index (χ0n) is 14.4. The van der Waals surface area contributed by atoms with Crippen molar-refractivity contribution >= 4 is 13.2 Å². The van der Waals surface area contributed by atoms with Crippen molar-refractivity contribution in [2.75, 3.05) is 0 Å². The highest BCUT2D eigenvalue weighted by Gasteiger charge is 2.49. The van der Waals surface area contributed by atoms with Crippen molar-refractivity contribution in [1.29, 1.82) is 0 Å². The van der Waals surface area contributed by atoms with Crippen LogP contribution in [0.2, 0.25) is 0 Å². The molecule has 0 N–H and O–H groups in total. The summed E-state index contributed by atoms with van der Waals surface area (Å²) >= 11 is 0. The second-order valence-electron chi connectivity index (χ2n) is 6.82. The highest BCUT2D eigenvalue weighted by molar-refractivity contribution is 6.51. The van der Waals surface area contributed by atoms with Gasteiger partial charge in [-0.05, 0) is 46.1 Å². The van der Waals surface area contributed by atoms with Crippen LogP contribution in [0, 0.1) is 0 Å². The summed E-state index contributed by atoms with van der Waals surface area (Å²) in [7, 11) is -0.250. The lowest BCUT2D eigenvalue weighted by atomic mass is 9.89. The third-order valence-corrected chi connectivity index (χ3v) is 4.57. The molecule has 0 radical (unpaired) electrons. The van der Waals surface area contributed by atoms with Gasteiger partial charge in [-0.2, -0.15) is 0 Å². The summed E-state index contributed by atoms with van der Waals surface area (Å²) in [5.41, 5.74) is 2.12. The van der Waals surface area contributed by atoms with Crippen LogP contribution >= 0.6 is 0 Å². The maximum absolute atomic E-state index is 5.97. The predicted molar refractivity (Wildman–Crippen MR) is 94.5 cm³/mol. The summed E-state index contributed by atoms with van der Waals surface area (Å²) < 4.78 is 11.9. The average Bonchev–Trinajstić information content (AvgIpc) is 2.66. The number of hydrogen-bond acceptors (Lipinski definition) is 2. The molecule has 0 bridgehead atoms. The maximum atomic E-state index is 5.97. The SMILES string of the molecule is CC/C(=C\c1ccccc1)C/C=C\B1OC(C)(C)C(C)(C)O1. The molecule has 0 atom stereocenters. The predicted octanol–water partition coefficient (Wildman–Crippen LogP) is 5.06. The molecule has 0 aromatic heterocycles. The Labute approximate surface area is 135 Å². The molecule has 1 heterocycles. The standard InChI is InChI=1S/C19H27BO2/c1-6-16(15-17-11-8-7-9-12-17)13-10-14-20-21-18(2,3)19(4,5)22-20/h7-12,14-15H,6,13H2,1-5H3/b14-10-,16-15+. The molecule has 0 aliphatic carbocycles. The van der Waals surface area contributed by atoms with Gasteiger partial charge in [-0.25, -0.2) is 0 Å². The molecule has 0 unspecified atom stereocenters. The number of hydrogen-bond donors (Lipinski definition) is 0. The average molecular weight is 298 g/mol. The van der Waals surface area contributed by atoms with E-state index in [4.69, 9.17) is 9.31 Å². The number of rotatable bonds is 5. The van der Waals surface area contributed by atoms with E-state index in [1.165, 1.54) is 11.1 Å². The van der Waals surface area contributed by atoms with Crippen molar-refractivity contribution in [3.8, 4) is 0 Å². The van der Waals surface area contributed by atoms with Gasteiger partial charge in [0.1, 0.15) is 0 Å². The minimum Gasteiger partial charge on any atom is -0.400 e. The third-order valence-electron chi connectivity index (χ3n) is 4.57. The summed E-state index contributed by atoms with van der Waals surface area (Å²) in [6.45, 7) is 10.5. The summed E-state index contributed by atoms with van der Waals surface area (Å²) in [5, 5.41) is 0. The first kappa shape index (κ1) is 17.0. The summed E-state index contributed by atoms with van der Waals surface area (Å²) in [6.07, 6.45) is 6.38. The van der Waals surface area contributed by atoms with Crippen LogP contribution in [0.5, 0.6) is 0 Å². The van der Waals surface area contributed by atoms with Crippen LogP contribution in [-0.2, 0) is 9.31 Å². The molecular formula is C19H27BO2. The van der Waals surface area contributed by atoms with Gasteiger partial charge in [0.15, 0.2) is 0 Å². The molecule has 1 aromatic carbocycles. The fraction of sp³-hybridized carbons (Fsp3) is 0.474. The molecule has 1 aliphatic rings. The first-order valence-electron chi connectivity index (χ1n) is 8.11. The zero-order chi connectivity index (χ0) is 16.2.